The summed E-state index contributed by atoms with van der Waals surface area (Å²) in [5.74, 6) is -0.355. The van der Waals surface area contributed by atoms with E-state index in [0.29, 0.717) is 11.3 Å². The largest absolute Gasteiger partial charge is 0.492 e. The molecule has 0 bridgehead atoms. The summed E-state index contributed by atoms with van der Waals surface area (Å²) >= 11 is 0.817. The van der Waals surface area contributed by atoms with Crippen LogP contribution in [0.4, 0.5) is 10.5 Å². The van der Waals surface area contributed by atoms with Gasteiger partial charge in [-0.05, 0) is 60.7 Å². The third kappa shape index (κ3) is 5.97. The van der Waals surface area contributed by atoms with Crippen LogP contribution in [0.25, 0.3) is 6.08 Å². The first-order chi connectivity index (χ1) is 17.3. The van der Waals surface area contributed by atoms with Gasteiger partial charge in [-0.1, -0.05) is 35.9 Å². The van der Waals surface area contributed by atoms with E-state index >= 15 is 0 Å². The molecule has 0 spiro atoms. The lowest BCUT2D eigenvalue weighted by Gasteiger charge is -2.13. The normalized spacial score (nSPS) is 14.2. The molecule has 0 N–H and O–H groups in total. The molecule has 3 aromatic rings. The maximum atomic E-state index is 12.8. The van der Waals surface area contributed by atoms with Crippen LogP contribution in [-0.2, 0) is 4.79 Å². The minimum atomic E-state index is -0.759. The number of carbonyl (C=O) groups excluding carboxylic acids is 3. The second kappa shape index (κ2) is 10.9. The molecule has 1 fully saturated rings. The monoisotopic (exact) mass is 504 g/mol. The predicted molar refractivity (Wildman–Crippen MR) is 134 cm³/mol. The van der Waals surface area contributed by atoms with Crippen molar-refractivity contribution in [3.05, 3.63) is 105 Å². The Balaban J connectivity index is 1.40. The quantitative estimate of drug-likeness (QED) is 0.134. The Hall–Kier alpha value is -4.44. The van der Waals surface area contributed by atoms with Crippen molar-refractivity contribution >= 4 is 40.6 Å². The average Bonchev–Trinajstić information content (AvgIpc) is 3.12. The van der Waals surface area contributed by atoms with Crippen molar-refractivity contribution in [2.24, 2.45) is 0 Å². The number of imide groups is 1. The van der Waals surface area contributed by atoms with Gasteiger partial charge in [0, 0.05) is 12.1 Å². The van der Waals surface area contributed by atoms with E-state index in [4.69, 9.17) is 9.47 Å². The molecule has 3 aromatic carbocycles. The van der Waals surface area contributed by atoms with Gasteiger partial charge in [-0.3, -0.25) is 24.6 Å². The van der Waals surface area contributed by atoms with Gasteiger partial charge in [0.2, 0.25) is 0 Å². The molecule has 2 amide bonds. The van der Waals surface area contributed by atoms with Crippen molar-refractivity contribution in [2.75, 3.05) is 13.2 Å². The Morgan fingerprint density at radius 1 is 1.03 bits per heavy atom. The molecule has 0 saturated carbocycles. The van der Waals surface area contributed by atoms with Crippen LogP contribution in [0, 0.1) is 17.0 Å². The number of thioether (sulfide) groups is 1. The third-order valence-electron chi connectivity index (χ3n) is 5.14. The Morgan fingerprint density at radius 3 is 2.53 bits per heavy atom. The number of non-ortho nitro benzene ring substituents is 1. The minimum absolute atomic E-state index is 0.0311. The molecule has 182 valence electrons. The highest BCUT2D eigenvalue weighted by molar-refractivity contribution is 8.18. The molecule has 36 heavy (non-hydrogen) atoms. The number of hydrogen-bond donors (Lipinski definition) is 0. The molecule has 0 unspecified atom stereocenters. The molecular weight excluding hydrogens is 484 g/mol. The Bertz CT molecular complexity index is 1370. The zero-order chi connectivity index (χ0) is 25.7. The third-order valence-corrected chi connectivity index (χ3v) is 6.04. The molecule has 10 heteroatoms. The van der Waals surface area contributed by atoms with Crippen molar-refractivity contribution in [1.29, 1.82) is 0 Å². The maximum Gasteiger partial charge on any atom is 0.343 e. The van der Waals surface area contributed by atoms with Crippen LogP contribution in [0.2, 0.25) is 0 Å². The van der Waals surface area contributed by atoms with Gasteiger partial charge in [0.1, 0.15) is 18.1 Å². The Kier molecular flexibility index (Phi) is 7.45. The topological polar surface area (TPSA) is 116 Å². The van der Waals surface area contributed by atoms with E-state index in [-0.39, 0.29) is 35.1 Å². The fourth-order valence-corrected chi connectivity index (χ4v) is 4.18. The predicted octanol–water partition coefficient (Wildman–Crippen LogP) is 5.24. The van der Waals surface area contributed by atoms with E-state index in [1.165, 1.54) is 30.3 Å². The fourth-order valence-electron chi connectivity index (χ4n) is 3.31. The van der Waals surface area contributed by atoms with Gasteiger partial charge in [0.15, 0.2) is 0 Å². The number of nitro benzene ring substituents is 1. The van der Waals surface area contributed by atoms with E-state index in [2.05, 4.69) is 0 Å². The van der Waals surface area contributed by atoms with Gasteiger partial charge in [-0.25, -0.2) is 4.79 Å². The first-order valence-corrected chi connectivity index (χ1v) is 11.6. The molecule has 0 atom stereocenters. The fraction of sp³-hybridized carbons (Fsp3) is 0.115. The van der Waals surface area contributed by atoms with Crippen LogP contribution in [0.1, 0.15) is 21.5 Å². The summed E-state index contributed by atoms with van der Waals surface area (Å²) in [6.07, 6.45) is 1.54. The average molecular weight is 505 g/mol. The highest BCUT2D eigenvalue weighted by Crippen LogP contribution is 2.32. The lowest BCUT2D eigenvalue weighted by atomic mass is 10.2. The molecule has 1 aliphatic rings. The molecule has 1 heterocycles. The highest BCUT2D eigenvalue weighted by atomic mass is 32.2. The van der Waals surface area contributed by atoms with Crippen LogP contribution in [-0.4, -0.2) is 40.1 Å². The molecule has 4 rings (SSSR count). The number of hydrogen-bond acceptors (Lipinski definition) is 8. The van der Waals surface area contributed by atoms with Crippen LogP contribution in [0.3, 0.4) is 0 Å². The summed E-state index contributed by atoms with van der Waals surface area (Å²) < 4.78 is 11.0. The maximum absolute atomic E-state index is 12.8. The molecule has 0 aromatic heterocycles. The summed E-state index contributed by atoms with van der Waals surface area (Å²) in [4.78, 5) is 49.2. The molecule has 0 radical (unpaired) electrons. The number of nitro groups is 1. The smallest absolute Gasteiger partial charge is 0.343 e. The number of rotatable bonds is 8. The van der Waals surface area contributed by atoms with Gasteiger partial charge in [0.25, 0.3) is 16.8 Å². The first kappa shape index (κ1) is 24.7. The lowest BCUT2D eigenvalue weighted by molar-refractivity contribution is -0.384. The van der Waals surface area contributed by atoms with E-state index in [1.807, 2.05) is 31.2 Å². The molecule has 1 aliphatic heterocycles. The van der Waals surface area contributed by atoms with Crippen molar-refractivity contribution in [3.63, 3.8) is 0 Å². The lowest BCUT2D eigenvalue weighted by Crippen LogP contribution is -2.32. The summed E-state index contributed by atoms with van der Waals surface area (Å²) in [6, 6.07) is 19.1. The van der Waals surface area contributed by atoms with E-state index < -0.39 is 22.0 Å². The van der Waals surface area contributed by atoms with Crippen molar-refractivity contribution in [2.45, 2.75) is 6.92 Å². The van der Waals surface area contributed by atoms with Gasteiger partial charge in [-0.15, -0.1) is 0 Å². The number of nitrogens with zero attached hydrogens (tertiary/aromatic N) is 2. The van der Waals surface area contributed by atoms with E-state index in [9.17, 15) is 24.5 Å². The van der Waals surface area contributed by atoms with Crippen molar-refractivity contribution < 1.29 is 28.8 Å². The number of aryl methyl sites for hydroxylation is 1. The van der Waals surface area contributed by atoms with Gasteiger partial charge in [-0.2, -0.15) is 0 Å². The molecule has 1 saturated heterocycles. The number of carbonyl (C=O) groups is 3. The van der Waals surface area contributed by atoms with Crippen LogP contribution < -0.4 is 9.47 Å². The second-order valence-corrected chi connectivity index (χ2v) is 8.76. The number of amides is 2. The van der Waals surface area contributed by atoms with Gasteiger partial charge >= 0.3 is 5.97 Å². The highest BCUT2D eigenvalue weighted by Gasteiger charge is 2.34. The number of benzene rings is 3. The molecule has 9 nitrogen and oxygen atoms in total. The zero-order valence-corrected chi connectivity index (χ0v) is 19.9. The van der Waals surface area contributed by atoms with E-state index in [0.717, 1.165) is 28.3 Å². The minimum Gasteiger partial charge on any atom is -0.492 e. The van der Waals surface area contributed by atoms with Gasteiger partial charge < -0.3 is 9.47 Å². The number of esters is 1. The Morgan fingerprint density at radius 2 is 1.78 bits per heavy atom. The SMILES string of the molecule is Cc1ccc(OCCN2C(=O)S/C(=C\c3cccc(OC(=O)c4cccc([N+](=O)[O-])c4)c3)C2=O)cc1. The van der Waals surface area contributed by atoms with Crippen molar-refractivity contribution in [1.82, 2.24) is 4.90 Å². The van der Waals surface area contributed by atoms with Crippen molar-refractivity contribution in [3.8, 4) is 11.5 Å². The van der Waals surface area contributed by atoms with Crippen LogP contribution in [0.15, 0.2) is 77.7 Å². The van der Waals surface area contributed by atoms with E-state index in [1.54, 1.807) is 18.2 Å². The molecular formula is C26H20N2O7S. The summed E-state index contributed by atoms with van der Waals surface area (Å²) in [5, 5.41) is 10.5. The number of ether oxygens (including phenoxy) is 2. The van der Waals surface area contributed by atoms with Gasteiger partial charge in [0.05, 0.1) is 21.9 Å². The second-order valence-electron chi connectivity index (χ2n) is 7.76. The first-order valence-electron chi connectivity index (χ1n) is 10.8. The summed E-state index contributed by atoms with van der Waals surface area (Å²) in [5.41, 5.74) is 1.45. The Labute approximate surface area is 210 Å². The summed E-state index contributed by atoms with van der Waals surface area (Å²) in [7, 11) is 0. The summed E-state index contributed by atoms with van der Waals surface area (Å²) in [6.45, 7) is 2.24. The van der Waals surface area contributed by atoms with Crippen LogP contribution in [0.5, 0.6) is 11.5 Å². The zero-order valence-electron chi connectivity index (χ0n) is 19.1. The van der Waals surface area contributed by atoms with Crippen LogP contribution >= 0.6 is 11.8 Å². The standard InChI is InChI=1S/C26H20N2O7S/c1-17-8-10-21(11-9-17)34-13-12-27-24(29)23(36-26(27)31)15-18-4-2-7-22(14-18)35-25(30)19-5-3-6-20(16-19)28(32)33/h2-11,14-16H,12-13H2,1H3/b23-15-. The molecule has 0 aliphatic carbocycles.